The fourth-order valence-corrected chi connectivity index (χ4v) is 5.99. The van der Waals surface area contributed by atoms with Gasteiger partial charge in [-0.15, -0.1) is 0 Å². The highest BCUT2D eigenvalue weighted by Crippen LogP contribution is 2.32. The lowest BCUT2D eigenvalue weighted by molar-refractivity contribution is 0.177. The van der Waals surface area contributed by atoms with Crippen molar-refractivity contribution in [3.8, 4) is 0 Å². The molecular formula is C28H38ClN3S. The number of nitrogens with zero attached hydrogens (tertiary/aromatic N) is 2. The highest BCUT2D eigenvalue weighted by atomic mass is 35.5. The fourth-order valence-electron chi connectivity index (χ4n) is 5.49. The van der Waals surface area contributed by atoms with Crippen molar-refractivity contribution < 1.29 is 0 Å². The summed E-state index contributed by atoms with van der Waals surface area (Å²) >= 11 is 12.4. The summed E-state index contributed by atoms with van der Waals surface area (Å²) in [5, 5.41) is 5.07. The summed E-state index contributed by atoms with van der Waals surface area (Å²) in [7, 11) is 0. The lowest BCUT2D eigenvalue weighted by Gasteiger charge is -2.40. The van der Waals surface area contributed by atoms with Crippen LogP contribution < -0.4 is 10.2 Å². The third-order valence-corrected chi connectivity index (χ3v) is 8.10. The van der Waals surface area contributed by atoms with E-state index in [0.717, 1.165) is 34.5 Å². The maximum absolute atomic E-state index is 6.38. The van der Waals surface area contributed by atoms with Crippen LogP contribution in [0.4, 0.5) is 11.4 Å². The van der Waals surface area contributed by atoms with Gasteiger partial charge in [0, 0.05) is 42.1 Å². The number of hydrogen-bond donors (Lipinski definition) is 1. The Morgan fingerprint density at radius 1 is 1.15 bits per heavy atom. The number of hydrogen-bond acceptors (Lipinski definition) is 2. The summed E-state index contributed by atoms with van der Waals surface area (Å²) in [5.41, 5.74) is 6.32. The molecule has 0 radical (unpaired) electrons. The van der Waals surface area contributed by atoms with Crippen LogP contribution in [0.15, 0.2) is 36.4 Å². The Morgan fingerprint density at radius 2 is 1.97 bits per heavy atom. The maximum Gasteiger partial charge on any atom is 0.173 e. The van der Waals surface area contributed by atoms with E-state index in [1.54, 1.807) is 0 Å². The van der Waals surface area contributed by atoms with Gasteiger partial charge in [0.05, 0.1) is 0 Å². The zero-order valence-corrected chi connectivity index (χ0v) is 21.9. The SMILES string of the molecule is CCCN1CCCc2cc(CN(C(=S)Nc3ccc(C)c(Cl)c3)[C@@H]3CCCC[C@@H]3C)ccc21. The molecule has 1 aliphatic carbocycles. The van der Waals surface area contributed by atoms with E-state index < -0.39 is 0 Å². The van der Waals surface area contributed by atoms with Crippen LogP contribution >= 0.6 is 23.8 Å². The largest absolute Gasteiger partial charge is 0.371 e. The molecule has 5 heteroatoms. The number of rotatable bonds is 6. The molecule has 1 saturated carbocycles. The van der Waals surface area contributed by atoms with Crippen molar-refractivity contribution in [2.75, 3.05) is 23.3 Å². The second-order valence-electron chi connectivity index (χ2n) is 9.90. The molecule has 0 amide bonds. The maximum atomic E-state index is 6.38. The molecule has 1 aliphatic heterocycles. The van der Waals surface area contributed by atoms with Gasteiger partial charge in [-0.05, 0) is 92.1 Å². The minimum atomic E-state index is 0.465. The van der Waals surface area contributed by atoms with E-state index in [9.17, 15) is 0 Å². The first-order valence-electron chi connectivity index (χ1n) is 12.7. The third-order valence-electron chi connectivity index (χ3n) is 7.36. The molecule has 3 nitrogen and oxygen atoms in total. The van der Waals surface area contributed by atoms with Crippen molar-refractivity contribution in [1.82, 2.24) is 4.90 Å². The average molecular weight is 484 g/mol. The zero-order valence-electron chi connectivity index (χ0n) is 20.4. The second kappa shape index (κ2) is 11.1. The molecule has 178 valence electrons. The molecule has 2 aliphatic rings. The molecule has 2 aromatic rings. The number of nitrogens with one attached hydrogen (secondary N) is 1. The van der Waals surface area contributed by atoms with Gasteiger partial charge in [0.25, 0.3) is 0 Å². The number of benzene rings is 2. The fraction of sp³-hybridized carbons (Fsp3) is 0.536. The van der Waals surface area contributed by atoms with Crippen LogP contribution in [-0.4, -0.2) is 29.1 Å². The smallest absolute Gasteiger partial charge is 0.173 e. The van der Waals surface area contributed by atoms with Crippen molar-refractivity contribution in [2.24, 2.45) is 5.92 Å². The summed E-state index contributed by atoms with van der Waals surface area (Å²) in [6.07, 6.45) is 8.69. The van der Waals surface area contributed by atoms with Gasteiger partial charge in [-0.25, -0.2) is 0 Å². The van der Waals surface area contributed by atoms with Gasteiger partial charge in [0.1, 0.15) is 0 Å². The molecule has 2 aromatic carbocycles. The Balaban J connectivity index is 1.57. The van der Waals surface area contributed by atoms with Crippen LogP contribution in [0.1, 0.15) is 69.1 Å². The summed E-state index contributed by atoms with van der Waals surface area (Å²) in [6.45, 7) is 9.85. The van der Waals surface area contributed by atoms with Gasteiger partial charge in [-0.1, -0.05) is 56.5 Å². The summed E-state index contributed by atoms with van der Waals surface area (Å²) < 4.78 is 0. The van der Waals surface area contributed by atoms with Crippen LogP contribution in [0, 0.1) is 12.8 Å². The molecule has 4 rings (SSSR count). The molecule has 0 bridgehead atoms. The monoisotopic (exact) mass is 483 g/mol. The van der Waals surface area contributed by atoms with Crippen molar-refractivity contribution in [3.05, 3.63) is 58.1 Å². The Kier molecular flexibility index (Phi) is 8.19. The van der Waals surface area contributed by atoms with Crippen LogP contribution in [0.25, 0.3) is 0 Å². The van der Waals surface area contributed by atoms with Gasteiger partial charge in [-0.2, -0.15) is 0 Å². The van der Waals surface area contributed by atoms with Crippen LogP contribution in [0.3, 0.4) is 0 Å². The van der Waals surface area contributed by atoms with E-state index in [0.29, 0.717) is 12.0 Å². The molecule has 0 saturated heterocycles. The van der Waals surface area contributed by atoms with Crippen LogP contribution in [0.5, 0.6) is 0 Å². The number of anilines is 2. The van der Waals surface area contributed by atoms with Gasteiger partial charge in [0.15, 0.2) is 5.11 Å². The van der Waals surface area contributed by atoms with E-state index in [1.807, 2.05) is 19.1 Å². The number of fused-ring (bicyclic) bond motifs is 1. The highest BCUT2D eigenvalue weighted by molar-refractivity contribution is 7.80. The molecule has 0 unspecified atom stereocenters. The van der Waals surface area contributed by atoms with Crippen molar-refractivity contribution in [1.29, 1.82) is 0 Å². The minimum Gasteiger partial charge on any atom is -0.371 e. The van der Waals surface area contributed by atoms with Crippen molar-refractivity contribution in [3.63, 3.8) is 0 Å². The predicted octanol–water partition coefficient (Wildman–Crippen LogP) is 7.59. The molecule has 0 spiro atoms. The molecule has 1 heterocycles. The average Bonchev–Trinajstić information content (AvgIpc) is 2.81. The van der Waals surface area contributed by atoms with E-state index in [1.165, 1.54) is 68.3 Å². The molecule has 2 atom stereocenters. The predicted molar refractivity (Wildman–Crippen MR) is 147 cm³/mol. The standard InChI is InChI=1S/C28H38ClN3S/c1-4-15-31-16-7-9-23-17-22(12-14-27(23)31)19-32(26-10-6-5-8-21(26)3)28(33)30-24-13-11-20(2)25(29)18-24/h11-14,17-18,21,26H,4-10,15-16,19H2,1-3H3,(H,30,33)/t21-,26+/m0/s1. The van der Waals surface area contributed by atoms with E-state index >= 15 is 0 Å². The first kappa shape index (κ1) is 24.3. The lowest BCUT2D eigenvalue weighted by Crippen LogP contribution is -2.46. The van der Waals surface area contributed by atoms with Crippen LogP contribution in [-0.2, 0) is 13.0 Å². The summed E-state index contributed by atoms with van der Waals surface area (Å²) in [6, 6.07) is 13.7. The molecule has 1 fully saturated rings. The van der Waals surface area contributed by atoms with E-state index in [2.05, 4.69) is 53.2 Å². The Morgan fingerprint density at radius 3 is 2.73 bits per heavy atom. The van der Waals surface area contributed by atoms with Gasteiger partial charge in [0.2, 0.25) is 0 Å². The number of aryl methyl sites for hydroxylation is 2. The van der Waals surface area contributed by atoms with E-state index in [-0.39, 0.29) is 0 Å². The summed E-state index contributed by atoms with van der Waals surface area (Å²) in [5.74, 6) is 0.637. The first-order valence-corrected chi connectivity index (χ1v) is 13.5. The first-order chi connectivity index (χ1) is 16.0. The minimum absolute atomic E-state index is 0.465. The van der Waals surface area contributed by atoms with Gasteiger partial charge >= 0.3 is 0 Å². The van der Waals surface area contributed by atoms with Gasteiger partial charge < -0.3 is 15.1 Å². The summed E-state index contributed by atoms with van der Waals surface area (Å²) in [4.78, 5) is 5.00. The van der Waals surface area contributed by atoms with Crippen molar-refractivity contribution in [2.45, 2.75) is 78.3 Å². The second-order valence-corrected chi connectivity index (χ2v) is 10.7. The molecular weight excluding hydrogens is 446 g/mol. The van der Waals surface area contributed by atoms with Crippen LogP contribution in [0.2, 0.25) is 5.02 Å². The topological polar surface area (TPSA) is 18.5 Å². The molecule has 33 heavy (non-hydrogen) atoms. The Labute approximate surface area is 210 Å². The van der Waals surface area contributed by atoms with Gasteiger partial charge in [-0.3, -0.25) is 0 Å². The Bertz CT molecular complexity index is 976. The number of halogens is 1. The molecule has 0 aromatic heterocycles. The molecule has 1 N–H and O–H groups in total. The number of thiocarbonyl (C=S) groups is 1. The van der Waals surface area contributed by atoms with Crippen molar-refractivity contribution >= 4 is 40.3 Å². The highest BCUT2D eigenvalue weighted by Gasteiger charge is 2.29. The zero-order chi connectivity index (χ0) is 23.4. The quantitative estimate of drug-likeness (QED) is 0.426. The Hall–Kier alpha value is -1.78. The van der Waals surface area contributed by atoms with E-state index in [4.69, 9.17) is 23.8 Å². The lowest BCUT2D eigenvalue weighted by atomic mass is 9.84. The normalized spacial score (nSPS) is 20.3. The third kappa shape index (κ3) is 5.84.